The fraction of sp³-hybridized carbons (Fsp3) is 0.164. The highest BCUT2D eigenvalue weighted by atomic mass is 15.2. The third kappa shape index (κ3) is 8.08. The van der Waals surface area contributed by atoms with Gasteiger partial charge in [0.25, 0.3) is 0 Å². The molecule has 0 aliphatic heterocycles. The number of nitrogens with zero attached hydrogens (tertiary/aromatic N) is 2. The summed E-state index contributed by atoms with van der Waals surface area (Å²) >= 11 is 0. The summed E-state index contributed by atoms with van der Waals surface area (Å²) in [5.41, 5.74) is 19.6. The summed E-state index contributed by atoms with van der Waals surface area (Å²) in [5, 5.41) is 4.98. The van der Waals surface area contributed by atoms with Crippen molar-refractivity contribution in [3.05, 3.63) is 241 Å². The summed E-state index contributed by atoms with van der Waals surface area (Å²) in [4.78, 5) is 2.62. The minimum absolute atomic E-state index is 0.0271. The van der Waals surface area contributed by atoms with Crippen LogP contribution in [0.2, 0.25) is 0 Å². The van der Waals surface area contributed by atoms with E-state index in [9.17, 15) is 0 Å². The average Bonchev–Trinajstić information content (AvgIpc) is 3.70. The lowest BCUT2D eigenvalue weighted by Gasteiger charge is -2.37. The van der Waals surface area contributed by atoms with Crippen molar-refractivity contribution >= 4 is 49.5 Å². The average molecular weight is 893 g/mol. The Morgan fingerprint density at radius 1 is 0.464 bits per heavy atom. The van der Waals surface area contributed by atoms with E-state index in [0.717, 1.165) is 23.5 Å². The number of allylic oxidation sites excluding steroid dienone is 4. The molecule has 1 aliphatic carbocycles. The number of hydrogen-bond acceptors (Lipinski definition) is 1. The molecule has 0 bridgehead atoms. The number of fused-ring (bicyclic) bond motifs is 4. The number of para-hydroxylation sites is 3. The number of hydrogen-bond donors (Lipinski definition) is 0. The van der Waals surface area contributed by atoms with Gasteiger partial charge in [-0.15, -0.1) is 0 Å². The van der Waals surface area contributed by atoms with E-state index in [4.69, 9.17) is 0 Å². The van der Waals surface area contributed by atoms with Crippen LogP contribution in [-0.2, 0) is 10.8 Å². The summed E-state index contributed by atoms with van der Waals surface area (Å²) < 4.78 is 2.39. The molecule has 11 rings (SSSR count). The van der Waals surface area contributed by atoms with Crippen LogP contribution in [0, 0.1) is 5.92 Å². The molecule has 2 heteroatoms. The summed E-state index contributed by atoms with van der Waals surface area (Å²) in [6.45, 7) is 16.5. The van der Waals surface area contributed by atoms with E-state index in [0.29, 0.717) is 0 Å². The van der Waals surface area contributed by atoms with Crippen LogP contribution < -0.4 is 4.90 Å². The highest BCUT2D eigenvalue weighted by Crippen LogP contribution is 2.48. The fourth-order valence-corrected chi connectivity index (χ4v) is 10.6. The first-order valence-electron chi connectivity index (χ1n) is 24.7. The topological polar surface area (TPSA) is 8.17 Å². The molecule has 1 atom stereocenters. The maximum absolute atomic E-state index is 2.62. The van der Waals surface area contributed by atoms with Crippen LogP contribution in [0.25, 0.3) is 77.2 Å². The first-order valence-corrected chi connectivity index (χ1v) is 24.7. The van der Waals surface area contributed by atoms with Crippen LogP contribution in [0.4, 0.5) is 11.4 Å². The number of rotatable bonds is 8. The first-order chi connectivity index (χ1) is 33.4. The smallest absolute Gasteiger partial charge is 0.0541 e. The molecule has 0 saturated heterocycles. The van der Waals surface area contributed by atoms with Crippen molar-refractivity contribution in [2.45, 2.75) is 65.7 Å². The lowest BCUT2D eigenvalue weighted by molar-refractivity contribution is 0.568. The van der Waals surface area contributed by atoms with Gasteiger partial charge in [-0.1, -0.05) is 218 Å². The SMILES string of the molecule is CC1CC=CC(c2cc(C(C)(C)C)cc(C(C)(C)C)c2)=C1N(c1cccc(-c2ccc3c(c2)c2ccccc2n3-c2ccccc2)c1)c1ccccc1-c1cccc2cccc(-c3ccccc3)c12. The van der Waals surface area contributed by atoms with Gasteiger partial charge in [-0.05, 0) is 121 Å². The number of aromatic nitrogens is 1. The molecule has 0 spiro atoms. The summed E-state index contributed by atoms with van der Waals surface area (Å²) in [6, 6.07) is 76.7. The molecule has 0 N–H and O–H groups in total. The van der Waals surface area contributed by atoms with Gasteiger partial charge in [0, 0.05) is 44.9 Å². The number of benzene rings is 9. The van der Waals surface area contributed by atoms with Crippen molar-refractivity contribution in [1.29, 1.82) is 0 Å². The third-order valence-electron chi connectivity index (χ3n) is 14.3. The molecule has 1 aromatic heterocycles. The van der Waals surface area contributed by atoms with Gasteiger partial charge in [0.05, 0.1) is 16.7 Å². The van der Waals surface area contributed by atoms with E-state index in [1.165, 1.54) is 93.9 Å². The van der Waals surface area contributed by atoms with Crippen LogP contribution in [0.15, 0.2) is 224 Å². The molecular formula is C67H60N2. The van der Waals surface area contributed by atoms with Crippen molar-refractivity contribution in [3.63, 3.8) is 0 Å². The Morgan fingerprint density at radius 2 is 1.06 bits per heavy atom. The second-order valence-electron chi connectivity index (χ2n) is 21.0. The zero-order valence-electron chi connectivity index (χ0n) is 41.0. The Morgan fingerprint density at radius 3 is 1.80 bits per heavy atom. The molecule has 9 aromatic carbocycles. The lowest BCUT2D eigenvalue weighted by Crippen LogP contribution is -2.25. The third-order valence-corrected chi connectivity index (χ3v) is 14.3. The molecule has 1 unspecified atom stereocenters. The van der Waals surface area contributed by atoms with E-state index in [1.807, 2.05) is 0 Å². The standard InChI is InChI=1S/C67H60N2/c1-45-22-18-34-56(50-40-51(66(2,3)4)44-52(41-50)67(5,6)7)65(45)69(62-37-17-14-31-57(62)59-35-21-26-47-25-20-33-55(64(47)59)46-23-10-8-11-24-46)54-30-19-27-48(42-54)49-38-39-63-60(43-49)58-32-15-16-36-61(58)68(63)53-28-12-9-13-29-53/h8-21,23-45H,22H2,1-7H3. The van der Waals surface area contributed by atoms with Crippen molar-refractivity contribution in [2.75, 3.05) is 4.90 Å². The monoisotopic (exact) mass is 892 g/mol. The Balaban J connectivity index is 1.17. The van der Waals surface area contributed by atoms with Crippen LogP contribution in [0.1, 0.15) is 71.6 Å². The van der Waals surface area contributed by atoms with E-state index < -0.39 is 0 Å². The minimum atomic E-state index is -0.0271. The maximum atomic E-state index is 2.62. The van der Waals surface area contributed by atoms with E-state index in [-0.39, 0.29) is 16.7 Å². The maximum Gasteiger partial charge on any atom is 0.0541 e. The zero-order valence-corrected chi connectivity index (χ0v) is 41.0. The normalized spacial score (nSPS) is 14.3. The molecule has 1 heterocycles. The molecular weight excluding hydrogens is 833 g/mol. The molecule has 69 heavy (non-hydrogen) atoms. The Labute approximate surface area is 408 Å². The van der Waals surface area contributed by atoms with Crippen LogP contribution >= 0.6 is 0 Å². The second kappa shape index (κ2) is 17.4. The van der Waals surface area contributed by atoms with E-state index in [1.54, 1.807) is 0 Å². The highest BCUT2D eigenvalue weighted by molar-refractivity contribution is 6.11. The van der Waals surface area contributed by atoms with Crippen molar-refractivity contribution in [2.24, 2.45) is 5.92 Å². The molecule has 2 nitrogen and oxygen atoms in total. The summed E-state index contributed by atoms with van der Waals surface area (Å²) in [5.74, 6) is 0.214. The molecule has 0 saturated carbocycles. The van der Waals surface area contributed by atoms with Gasteiger partial charge in [0.2, 0.25) is 0 Å². The zero-order chi connectivity index (χ0) is 47.4. The minimum Gasteiger partial charge on any atom is -0.313 e. The van der Waals surface area contributed by atoms with E-state index in [2.05, 4.69) is 276 Å². The fourth-order valence-electron chi connectivity index (χ4n) is 10.6. The molecule has 0 fully saturated rings. The summed E-state index contributed by atoms with van der Waals surface area (Å²) in [6.07, 6.45) is 5.74. The van der Waals surface area contributed by atoms with Crippen molar-refractivity contribution in [3.8, 4) is 39.1 Å². The van der Waals surface area contributed by atoms with Crippen LogP contribution in [0.3, 0.4) is 0 Å². The van der Waals surface area contributed by atoms with Gasteiger partial charge < -0.3 is 9.47 Å². The largest absolute Gasteiger partial charge is 0.313 e. The van der Waals surface area contributed by atoms with Crippen molar-refractivity contribution < 1.29 is 0 Å². The van der Waals surface area contributed by atoms with Gasteiger partial charge >= 0.3 is 0 Å². The van der Waals surface area contributed by atoms with Crippen LogP contribution in [0.5, 0.6) is 0 Å². The lowest BCUT2D eigenvalue weighted by atomic mass is 9.77. The first kappa shape index (κ1) is 43.9. The Hall–Kier alpha value is -7.68. The Kier molecular flexibility index (Phi) is 11.1. The molecule has 1 aliphatic rings. The predicted molar refractivity (Wildman–Crippen MR) is 297 cm³/mol. The van der Waals surface area contributed by atoms with Crippen LogP contribution in [-0.4, -0.2) is 4.57 Å². The molecule has 0 amide bonds. The van der Waals surface area contributed by atoms with E-state index >= 15 is 0 Å². The molecule has 0 radical (unpaired) electrons. The quantitative estimate of drug-likeness (QED) is 0.148. The summed E-state index contributed by atoms with van der Waals surface area (Å²) in [7, 11) is 0. The predicted octanol–water partition coefficient (Wildman–Crippen LogP) is 18.7. The van der Waals surface area contributed by atoms with Gasteiger partial charge in [-0.3, -0.25) is 0 Å². The van der Waals surface area contributed by atoms with Gasteiger partial charge in [0.1, 0.15) is 0 Å². The second-order valence-corrected chi connectivity index (χ2v) is 21.0. The highest BCUT2D eigenvalue weighted by Gasteiger charge is 2.30. The van der Waals surface area contributed by atoms with Crippen molar-refractivity contribution in [1.82, 2.24) is 4.57 Å². The van der Waals surface area contributed by atoms with Gasteiger partial charge in [-0.25, -0.2) is 0 Å². The Bertz CT molecular complexity index is 3570. The van der Waals surface area contributed by atoms with Gasteiger partial charge in [-0.2, -0.15) is 0 Å². The van der Waals surface area contributed by atoms with Gasteiger partial charge in [0.15, 0.2) is 0 Å². The molecule has 10 aromatic rings. The molecule has 338 valence electrons. The number of anilines is 2.